The Morgan fingerprint density at radius 2 is 2.29 bits per heavy atom. The Morgan fingerprint density at radius 3 is 2.86 bits per heavy atom. The van der Waals surface area contributed by atoms with Gasteiger partial charge in [0.15, 0.2) is 0 Å². The molecular weight excluding hydrogens is 198 g/mol. The van der Waals surface area contributed by atoms with Crippen LogP contribution in [0.15, 0.2) is 9.64 Å². The Hall–Kier alpha value is -0.550. The summed E-state index contributed by atoms with van der Waals surface area (Å²) in [5.74, 6) is 1.64. The van der Waals surface area contributed by atoms with Crippen molar-refractivity contribution in [3.63, 3.8) is 0 Å². The second-order valence-corrected chi connectivity index (χ2v) is 4.23. The van der Waals surface area contributed by atoms with E-state index in [1.807, 2.05) is 0 Å². The molecule has 0 saturated heterocycles. The third kappa shape index (κ3) is 4.11. The molecule has 1 aromatic heterocycles. The minimum absolute atomic E-state index is 0.552. The van der Waals surface area contributed by atoms with E-state index in [2.05, 4.69) is 29.4 Å². The van der Waals surface area contributed by atoms with Gasteiger partial charge in [0.2, 0.25) is 5.89 Å². The predicted molar refractivity (Wildman–Crippen MR) is 57.5 cm³/mol. The fraction of sp³-hybridized carbons (Fsp3) is 0.778. The fourth-order valence-electron chi connectivity index (χ4n) is 1.11. The smallest absolute Gasteiger partial charge is 0.276 e. The highest BCUT2D eigenvalue weighted by molar-refractivity contribution is 7.99. The van der Waals surface area contributed by atoms with Crippen molar-refractivity contribution in [1.82, 2.24) is 15.5 Å². The quantitative estimate of drug-likeness (QED) is 0.734. The van der Waals surface area contributed by atoms with Gasteiger partial charge in [-0.3, -0.25) is 0 Å². The third-order valence-corrected chi connectivity index (χ3v) is 2.69. The lowest BCUT2D eigenvalue weighted by Crippen LogP contribution is -2.25. The molecule has 1 N–H and O–H groups in total. The lowest BCUT2D eigenvalue weighted by Gasteiger charge is -2.09. The number of nitrogens with zero attached hydrogens (tertiary/aromatic N) is 2. The van der Waals surface area contributed by atoms with E-state index in [9.17, 15) is 0 Å². The summed E-state index contributed by atoms with van der Waals surface area (Å²) < 4.78 is 5.25. The molecule has 0 aliphatic rings. The van der Waals surface area contributed by atoms with Crippen LogP contribution in [-0.2, 0) is 0 Å². The first-order valence-corrected chi connectivity index (χ1v) is 5.87. The number of thioether (sulfide) groups is 1. The highest BCUT2D eigenvalue weighted by atomic mass is 32.2. The molecule has 0 spiro atoms. The SMILES string of the molecule is CCNC(C)CCSc1nnc(C)o1. The maximum absolute atomic E-state index is 5.25. The summed E-state index contributed by atoms with van der Waals surface area (Å²) in [5.41, 5.74) is 0. The Labute approximate surface area is 88.9 Å². The Bertz CT molecular complexity index is 264. The predicted octanol–water partition coefficient (Wildman–Crippen LogP) is 1.86. The molecule has 4 nitrogen and oxygen atoms in total. The summed E-state index contributed by atoms with van der Waals surface area (Å²) in [6, 6.07) is 0.552. The van der Waals surface area contributed by atoms with Gasteiger partial charge in [0.25, 0.3) is 5.22 Å². The van der Waals surface area contributed by atoms with Crippen LogP contribution >= 0.6 is 11.8 Å². The van der Waals surface area contributed by atoms with Crippen LogP contribution in [0.25, 0.3) is 0 Å². The van der Waals surface area contributed by atoms with E-state index in [-0.39, 0.29) is 0 Å². The zero-order valence-electron chi connectivity index (χ0n) is 8.91. The topological polar surface area (TPSA) is 51.0 Å². The van der Waals surface area contributed by atoms with Crippen molar-refractivity contribution in [2.75, 3.05) is 12.3 Å². The number of rotatable bonds is 6. The lowest BCUT2D eigenvalue weighted by atomic mass is 10.3. The zero-order chi connectivity index (χ0) is 10.4. The summed E-state index contributed by atoms with van der Waals surface area (Å²) in [7, 11) is 0. The van der Waals surface area contributed by atoms with Gasteiger partial charge in [0.1, 0.15) is 0 Å². The third-order valence-electron chi connectivity index (χ3n) is 1.84. The molecule has 1 unspecified atom stereocenters. The Kier molecular flexibility index (Phi) is 4.97. The van der Waals surface area contributed by atoms with Crippen molar-refractivity contribution < 1.29 is 4.42 Å². The second-order valence-electron chi connectivity index (χ2n) is 3.18. The van der Waals surface area contributed by atoms with Crippen molar-refractivity contribution in [3.05, 3.63) is 5.89 Å². The second kappa shape index (κ2) is 6.03. The molecule has 1 aromatic rings. The molecule has 0 aromatic carbocycles. The lowest BCUT2D eigenvalue weighted by molar-refractivity contribution is 0.429. The van der Waals surface area contributed by atoms with E-state index in [1.54, 1.807) is 18.7 Å². The molecule has 1 heterocycles. The van der Waals surface area contributed by atoms with Gasteiger partial charge in [-0.15, -0.1) is 10.2 Å². The van der Waals surface area contributed by atoms with E-state index in [4.69, 9.17) is 4.42 Å². The molecule has 80 valence electrons. The summed E-state index contributed by atoms with van der Waals surface area (Å²) in [6.07, 6.45) is 1.11. The first kappa shape index (κ1) is 11.5. The van der Waals surface area contributed by atoms with Crippen molar-refractivity contribution in [2.24, 2.45) is 0 Å². The highest BCUT2D eigenvalue weighted by Crippen LogP contribution is 2.16. The minimum Gasteiger partial charge on any atom is -0.416 e. The van der Waals surface area contributed by atoms with Crippen molar-refractivity contribution in [1.29, 1.82) is 0 Å². The molecule has 1 rings (SSSR count). The van der Waals surface area contributed by atoms with E-state index in [1.165, 1.54) is 0 Å². The van der Waals surface area contributed by atoms with E-state index >= 15 is 0 Å². The first-order chi connectivity index (χ1) is 6.72. The van der Waals surface area contributed by atoms with Crippen LogP contribution in [-0.4, -0.2) is 28.5 Å². The standard InChI is InChI=1S/C9H17N3OS/c1-4-10-7(2)5-6-14-9-12-11-8(3)13-9/h7,10H,4-6H2,1-3H3. The van der Waals surface area contributed by atoms with Crippen molar-refractivity contribution in [3.8, 4) is 0 Å². The summed E-state index contributed by atoms with van der Waals surface area (Å²) in [5, 5.41) is 11.7. The summed E-state index contributed by atoms with van der Waals surface area (Å²) >= 11 is 1.62. The van der Waals surface area contributed by atoms with Crippen LogP contribution in [0.1, 0.15) is 26.2 Å². The van der Waals surface area contributed by atoms with Crippen LogP contribution in [0.3, 0.4) is 0 Å². The van der Waals surface area contributed by atoms with Gasteiger partial charge in [0, 0.05) is 18.7 Å². The van der Waals surface area contributed by atoms with Crippen LogP contribution < -0.4 is 5.32 Å². The van der Waals surface area contributed by atoms with Gasteiger partial charge < -0.3 is 9.73 Å². The molecule has 0 aliphatic heterocycles. The van der Waals surface area contributed by atoms with Crippen LogP contribution in [0.2, 0.25) is 0 Å². The Balaban J connectivity index is 2.15. The molecular formula is C9H17N3OS. The van der Waals surface area contributed by atoms with Crippen LogP contribution in [0.4, 0.5) is 0 Å². The number of aryl methyl sites for hydroxylation is 1. The van der Waals surface area contributed by atoms with Gasteiger partial charge >= 0.3 is 0 Å². The minimum atomic E-state index is 0.552. The molecule has 0 radical (unpaired) electrons. The zero-order valence-corrected chi connectivity index (χ0v) is 9.73. The van der Waals surface area contributed by atoms with Crippen molar-refractivity contribution in [2.45, 2.75) is 38.5 Å². The van der Waals surface area contributed by atoms with Gasteiger partial charge in [-0.2, -0.15) is 0 Å². The molecule has 5 heteroatoms. The highest BCUT2D eigenvalue weighted by Gasteiger charge is 2.04. The molecule has 0 saturated carbocycles. The summed E-state index contributed by atoms with van der Waals surface area (Å²) in [6.45, 7) is 7.12. The largest absolute Gasteiger partial charge is 0.416 e. The Morgan fingerprint density at radius 1 is 1.50 bits per heavy atom. The maximum atomic E-state index is 5.25. The van der Waals surface area contributed by atoms with Gasteiger partial charge in [0.05, 0.1) is 0 Å². The van der Waals surface area contributed by atoms with E-state index in [0.717, 1.165) is 18.7 Å². The average Bonchev–Trinajstić information content (AvgIpc) is 2.52. The van der Waals surface area contributed by atoms with Gasteiger partial charge in [-0.25, -0.2) is 0 Å². The number of hydrogen-bond donors (Lipinski definition) is 1. The van der Waals surface area contributed by atoms with Gasteiger partial charge in [-0.1, -0.05) is 18.7 Å². The fourth-order valence-corrected chi connectivity index (χ4v) is 2.03. The van der Waals surface area contributed by atoms with Gasteiger partial charge in [-0.05, 0) is 19.9 Å². The van der Waals surface area contributed by atoms with Crippen LogP contribution in [0.5, 0.6) is 0 Å². The monoisotopic (exact) mass is 215 g/mol. The molecule has 0 amide bonds. The first-order valence-electron chi connectivity index (χ1n) is 4.88. The molecule has 0 bridgehead atoms. The molecule has 0 fully saturated rings. The molecule has 1 atom stereocenters. The molecule has 0 aliphatic carbocycles. The number of nitrogens with one attached hydrogen (secondary N) is 1. The van der Waals surface area contributed by atoms with E-state index in [0.29, 0.717) is 17.2 Å². The maximum Gasteiger partial charge on any atom is 0.276 e. The average molecular weight is 215 g/mol. The normalized spacial score (nSPS) is 13.1. The number of hydrogen-bond acceptors (Lipinski definition) is 5. The van der Waals surface area contributed by atoms with E-state index < -0.39 is 0 Å². The number of aromatic nitrogens is 2. The summed E-state index contributed by atoms with van der Waals surface area (Å²) in [4.78, 5) is 0. The van der Waals surface area contributed by atoms with Crippen LogP contribution in [0, 0.1) is 6.92 Å². The molecule has 14 heavy (non-hydrogen) atoms. The van der Waals surface area contributed by atoms with Crippen molar-refractivity contribution >= 4 is 11.8 Å².